The number of benzene rings is 2. The van der Waals surface area contributed by atoms with Gasteiger partial charge in [-0.15, -0.1) is 0 Å². The molecule has 314 valence electrons. The van der Waals surface area contributed by atoms with E-state index >= 15 is 0 Å². The van der Waals surface area contributed by atoms with Gasteiger partial charge in [0.2, 0.25) is 17.7 Å². The molecule has 0 spiro atoms. The summed E-state index contributed by atoms with van der Waals surface area (Å²) in [6.45, 7) is 20.4. The van der Waals surface area contributed by atoms with Gasteiger partial charge in [-0.1, -0.05) is 98.7 Å². The van der Waals surface area contributed by atoms with Crippen molar-refractivity contribution >= 4 is 40.5 Å². The van der Waals surface area contributed by atoms with Gasteiger partial charge in [0, 0.05) is 48.1 Å². The smallest absolute Gasteiger partial charge is 0.243 e. The minimum atomic E-state index is -1.09. The van der Waals surface area contributed by atoms with Gasteiger partial charge in [-0.2, -0.15) is 0 Å². The third-order valence-electron chi connectivity index (χ3n) is 9.92. The van der Waals surface area contributed by atoms with Crippen LogP contribution in [0.15, 0.2) is 52.4 Å². The van der Waals surface area contributed by atoms with E-state index in [2.05, 4.69) is 105 Å². The average Bonchev–Trinajstić information content (AvgIpc) is 3.48. The van der Waals surface area contributed by atoms with E-state index in [0.29, 0.717) is 38.8 Å². The molecule has 14 N–H and O–H groups in total. The summed E-state index contributed by atoms with van der Waals surface area (Å²) in [5.41, 5.74) is 33.9. The van der Waals surface area contributed by atoms with Gasteiger partial charge in [0.25, 0.3) is 0 Å². The molecule has 0 aliphatic heterocycles. The maximum absolute atomic E-state index is 14.6. The first-order chi connectivity index (χ1) is 26.5. The Kier molecular flexibility index (Phi) is 16.1. The van der Waals surface area contributed by atoms with E-state index in [9.17, 15) is 14.4 Å². The summed E-state index contributed by atoms with van der Waals surface area (Å²) >= 11 is 0. The monoisotopic (exact) mass is 788 g/mol. The minimum absolute atomic E-state index is 0.0423. The molecular formula is C43H69N11O3. The molecule has 0 radical (unpaired) electrons. The number of carbonyl (C=O) groups excluding carboxylic acids is 3. The molecule has 14 nitrogen and oxygen atoms in total. The first-order valence-corrected chi connectivity index (χ1v) is 20.0. The second-order valence-corrected chi connectivity index (χ2v) is 18.0. The Bertz CT molecular complexity index is 1870. The highest BCUT2D eigenvalue weighted by Gasteiger charge is 2.34. The van der Waals surface area contributed by atoms with Crippen LogP contribution in [0.25, 0.3) is 10.9 Å². The molecule has 3 aromatic rings. The van der Waals surface area contributed by atoms with Crippen molar-refractivity contribution in [2.75, 3.05) is 19.6 Å². The van der Waals surface area contributed by atoms with Crippen molar-refractivity contribution in [3.05, 3.63) is 70.4 Å². The average molecular weight is 788 g/mol. The van der Waals surface area contributed by atoms with Crippen molar-refractivity contribution < 1.29 is 14.4 Å². The molecular weight excluding hydrogens is 719 g/mol. The van der Waals surface area contributed by atoms with E-state index in [1.807, 2.05) is 30.3 Å². The SMILES string of the molecule is CC(C)(C)c1cc(C(C)(C)C)c2[nH]c(C(C)(C)C)c(C[C@@H](NC(=O)[C@@H](N)CCCN=C(N)N)C(=O)N[C@H](CCCN=C(N)N)C(=O)NCCc3ccccc3)c2c1. The number of amides is 3. The van der Waals surface area contributed by atoms with Crippen LogP contribution in [0, 0.1) is 0 Å². The maximum Gasteiger partial charge on any atom is 0.243 e. The van der Waals surface area contributed by atoms with Gasteiger partial charge in [-0.25, -0.2) is 0 Å². The van der Waals surface area contributed by atoms with Crippen molar-refractivity contribution in [1.82, 2.24) is 20.9 Å². The molecule has 1 heterocycles. The normalized spacial score (nSPS) is 13.6. The van der Waals surface area contributed by atoms with Crippen molar-refractivity contribution in [1.29, 1.82) is 0 Å². The van der Waals surface area contributed by atoms with E-state index in [1.165, 1.54) is 0 Å². The maximum atomic E-state index is 14.6. The summed E-state index contributed by atoms with van der Waals surface area (Å²) in [5.74, 6) is -1.47. The number of nitrogens with two attached hydrogens (primary N) is 5. The molecule has 3 atom stereocenters. The second kappa shape index (κ2) is 19.8. The third-order valence-corrected chi connectivity index (χ3v) is 9.92. The second-order valence-electron chi connectivity index (χ2n) is 18.0. The quantitative estimate of drug-likeness (QED) is 0.0523. The van der Waals surface area contributed by atoms with Gasteiger partial charge in [-0.05, 0) is 71.3 Å². The van der Waals surface area contributed by atoms with E-state index in [0.717, 1.165) is 38.9 Å². The lowest BCUT2D eigenvalue weighted by Gasteiger charge is -2.27. The standard InChI is InChI=1S/C43H69N11O3/c1-41(2,3)27-23-28-29(35(43(7,8)9)54-34(28)30(24-27)42(4,5)6)25-33(53-36(55)31(44)17-13-20-50-39(45)46)38(57)52-32(18-14-21-51-40(47)48)37(56)49-22-19-26-15-11-10-12-16-26/h10-12,15-16,23-24,31-33,54H,13-14,17-22,25,44H2,1-9H3,(H,49,56)(H,52,57)(H,53,55)(H4,45,46,50)(H4,47,48,51)/t31-,32+,33+/m0/s1. The number of nitrogens with zero attached hydrogens (tertiary/aromatic N) is 2. The predicted molar refractivity (Wildman–Crippen MR) is 233 cm³/mol. The predicted octanol–water partition coefficient (Wildman–Crippen LogP) is 3.37. The Morgan fingerprint density at radius 3 is 1.84 bits per heavy atom. The molecule has 2 aromatic carbocycles. The lowest BCUT2D eigenvalue weighted by atomic mass is 9.78. The van der Waals surface area contributed by atoms with Crippen LogP contribution in [-0.2, 0) is 43.5 Å². The van der Waals surface area contributed by atoms with Crippen LogP contribution in [0.2, 0.25) is 0 Å². The topological polar surface area (TPSA) is 258 Å². The highest BCUT2D eigenvalue weighted by atomic mass is 16.2. The molecule has 57 heavy (non-hydrogen) atoms. The number of hydrogen-bond acceptors (Lipinski definition) is 6. The zero-order valence-electron chi connectivity index (χ0n) is 35.6. The number of aromatic amines is 1. The fraction of sp³-hybridized carbons (Fsp3) is 0.558. The van der Waals surface area contributed by atoms with E-state index in [4.69, 9.17) is 28.7 Å². The molecule has 1 aromatic heterocycles. The number of H-pyrrole nitrogens is 1. The van der Waals surface area contributed by atoms with Crippen LogP contribution in [-0.4, -0.2) is 72.4 Å². The Hall–Kier alpha value is -5.11. The van der Waals surface area contributed by atoms with Crippen molar-refractivity contribution in [3.8, 4) is 0 Å². The number of guanidine groups is 2. The first-order valence-electron chi connectivity index (χ1n) is 20.0. The summed E-state index contributed by atoms with van der Waals surface area (Å²) in [7, 11) is 0. The fourth-order valence-corrected chi connectivity index (χ4v) is 6.71. The van der Waals surface area contributed by atoms with Crippen LogP contribution < -0.4 is 44.6 Å². The van der Waals surface area contributed by atoms with Crippen LogP contribution in [0.1, 0.15) is 116 Å². The molecule has 0 saturated heterocycles. The number of aliphatic imine (C=N–C) groups is 2. The van der Waals surface area contributed by atoms with E-state index in [1.54, 1.807) is 0 Å². The Morgan fingerprint density at radius 1 is 0.719 bits per heavy atom. The Morgan fingerprint density at radius 2 is 1.30 bits per heavy atom. The first kappa shape index (κ1) is 46.3. The van der Waals surface area contributed by atoms with Crippen LogP contribution >= 0.6 is 0 Å². The number of nitrogens with one attached hydrogen (secondary N) is 4. The number of aromatic nitrogens is 1. The molecule has 0 aliphatic rings. The van der Waals surface area contributed by atoms with Gasteiger partial charge in [0.05, 0.1) is 6.04 Å². The summed E-state index contributed by atoms with van der Waals surface area (Å²) < 4.78 is 0. The number of carbonyl (C=O) groups is 3. The van der Waals surface area contributed by atoms with Crippen LogP contribution in [0.4, 0.5) is 0 Å². The molecule has 0 bridgehead atoms. The lowest BCUT2D eigenvalue weighted by molar-refractivity contribution is -0.132. The molecule has 3 rings (SSSR count). The lowest BCUT2D eigenvalue weighted by Crippen LogP contribution is -2.56. The molecule has 0 aliphatic carbocycles. The van der Waals surface area contributed by atoms with E-state index in [-0.39, 0.29) is 53.5 Å². The van der Waals surface area contributed by atoms with Gasteiger partial charge < -0.3 is 49.6 Å². The van der Waals surface area contributed by atoms with Gasteiger partial charge in [0.15, 0.2) is 11.9 Å². The summed E-state index contributed by atoms with van der Waals surface area (Å²) in [6, 6.07) is 11.3. The van der Waals surface area contributed by atoms with Crippen LogP contribution in [0.3, 0.4) is 0 Å². The van der Waals surface area contributed by atoms with Gasteiger partial charge in [0.1, 0.15) is 12.1 Å². The van der Waals surface area contributed by atoms with Crippen LogP contribution in [0.5, 0.6) is 0 Å². The highest BCUT2D eigenvalue weighted by molar-refractivity contribution is 5.95. The fourth-order valence-electron chi connectivity index (χ4n) is 6.71. The minimum Gasteiger partial charge on any atom is -0.370 e. The molecule has 3 amide bonds. The van der Waals surface area contributed by atoms with Gasteiger partial charge >= 0.3 is 0 Å². The molecule has 0 unspecified atom stereocenters. The number of rotatable bonds is 18. The molecule has 0 saturated carbocycles. The Balaban J connectivity index is 2.09. The van der Waals surface area contributed by atoms with Crippen molar-refractivity contribution in [3.63, 3.8) is 0 Å². The van der Waals surface area contributed by atoms with Crippen molar-refractivity contribution in [2.24, 2.45) is 38.7 Å². The Labute approximate surface area is 339 Å². The van der Waals surface area contributed by atoms with E-state index < -0.39 is 29.9 Å². The highest BCUT2D eigenvalue weighted by Crippen LogP contribution is 2.40. The number of fused-ring (bicyclic) bond motifs is 1. The summed E-state index contributed by atoms with van der Waals surface area (Å²) in [6.07, 6.45) is 2.19. The molecule has 0 fully saturated rings. The third kappa shape index (κ3) is 14.1. The van der Waals surface area contributed by atoms with Gasteiger partial charge in [-0.3, -0.25) is 24.4 Å². The zero-order valence-corrected chi connectivity index (χ0v) is 35.6. The largest absolute Gasteiger partial charge is 0.370 e. The molecule has 14 heteroatoms. The summed E-state index contributed by atoms with van der Waals surface area (Å²) in [4.78, 5) is 53.9. The number of hydrogen-bond donors (Lipinski definition) is 9. The zero-order chi connectivity index (χ0) is 42.7. The van der Waals surface area contributed by atoms with Crippen molar-refractivity contribution in [2.45, 2.75) is 135 Å². The summed E-state index contributed by atoms with van der Waals surface area (Å²) in [5, 5.41) is 9.91.